The zero-order valence-corrected chi connectivity index (χ0v) is 16.4. The van der Waals surface area contributed by atoms with Gasteiger partial charge in [-0.15, -0.1) is 11.3 Å². The monoisotopic (exact) mass is 387 g/mol. The van der Waals surface area contributed by atoms with Crippen molar-refractivity contribution in [3.05, 3.63) is 45.9 Å². The number of rotatable bonds is 5. The lowest BCUT2D eigenvalue weighted by molar-refractivity contribution is 0.0700. The second-order valence-electron chi connectivity index (χ2n) is 7.16. The molecule has 27 heavy (non-hydrogen) atoms. The topological polar surface area (TPSA) is 104 Å². The van der Waals surface area contributed by atoms with Crippen LogP contribution in [-0.2, 0) is 5.60 Å². The van der Waals surface area contributed by atoms with Crippen molar-refractivity contribution in [1.29, 1.82) is 0 Å². The van der Waals surface area contributed by atoms with Gasteiger partial charge in [0, 0.05) is 24.4 Å². The summed E-state index contributed by atoms with van der Waals surface area (Å²) >= 11 is 1.47. The quantitative estimate of drug-likeness (QED) is 0.416. The van der Waals surface area contributed by atoms with E-state index in [2.05, 4.69) is 15.5 Å². The van der Waals surface area contributed by atoms with Crippen LogP contribution < -0.4 is 11.2 Å². The summed E-state index contributed by atoms with van der Waals surface area (Å²) in [4.78, 5) is 19.6. The molecule has 1 aromatic carbocycles. The number of hydrogen-bond donors (Lipinski definition) is 3. The summed E-state index contributed by atoms with van der Waals surface area (Å²) in [6.07, 6.45) is 3.05. The van der Waals surface area contributed by atoms with Gasteiger partial charge in [-0.25, -0.2) is 4.98 Å². The Bertz CT molecular complexity index is 828. The molecule has 7 nitrogen and oxygen atoms in total. The molecule has 1 aromatic heterocycles. The average molecular weight is 388 g/mol. The minimum absolute atomic E-state index is 0.0343. The van der Waals surface area contributed by atoms with Crippen molar-refractivity contribution in [2.75, 3.05) is 18.5 Å². The molecule has 1 aliphatic rings. The number of aliphatic hydroxyl groups is 1. The zero-order valence-electron chi connectivity index (χ0n) is 15.6. The van der Waals surface area contributed by atoms with Crippen molar-refractivity contribution >= 4 is 29.3 Å². The highest BCUT2D eigenvalue weighted by molar-refractivity contribution is 7.09. The number of hydrogen-bond acceptors (Lipinski definition) is 6. The van der Waals surface area contributed by atoms with Crippen molar-refractivity contribution in [3.8, 4) is 0 Å². The van der Waals surface area contributed by atoms with Gasteiger partial charge in [0.15, 0.2) is 0 Å². The molecule has 2 aromatic rings. The first-order valence-electron chi connectivity index (χ1n) is 8.96. The van der Waals surface area contributed by atoms with Crippen molar-refractivity contribution in [3.63, 3.8) is 0 Å². The van der Waals surface area contributed by atoms with Crippen LogP contribution in [0.25, 0.3) is 0 Å². The van der Waals surface area contributed by atoms with Crippen LogP contribution in [0.5, 0.6) is 0 Å². The molecule has 3 rings (SSSR count). The van der Waals surface area contributed by atoms with E-state index in [0.717, 1.165) is 24.9 Å². The molecule has 2 heterocycles. The van der Waals surface area contributed by atoms with E-state index in [4.69, 9.17) is 5.73 Å². The lowest BCUT2D eigenvalue weighted by Crippen LogP contribution is -2.39. The van der Waals surface area contributed by atoms with E-state index in [9.17, 15) is 9.90 Å². The van der Waals surface area contributed by atoms with Gasteiger partial charge in [-0.05, 0) is 38.8 Å². The Morgan fingerprint density at radius 3 is 2.96 bits per heavy atom. The number of amides is 1. The van der Waals surface area contributed by atoms with Crippen molar-refractivity contribution in [2.24, 2.45) is 10.8 Å². The summed E-state index contributed by atoms with van der Waals surface area (Å²) in [6, 6.07) is 7.27. The molecule has 1 unspecified atom stereocenters. The third-order valence-electron chi connectivity index (χ3n) is 4.59. The number of benzene rings is 1. The normalized spacial score (nSPS) is 18.0. The standard InChI is InChI=1S/C19H25N5O2S/c1-19(2,26)18-22-16(11-27-18)13-6-5-9-24(10-13)17(25)14-7-3-4-8-15(14)23-21-12-20/h3-4,7-8,11-13,23,26H,5-6,9-10H2,1-2H3,(H2,20,21). The molecule has 8 heteroatoms. The Balaban J connectivity index is 1.76. The predicted molar refractivity (Wildman–Crippen MR) is 108 cm³/mol. The van der Waals surface area contributed by atoms with E-state index in [-0.39, 0.29) is 11.8 Å². The zero-order chi connectivity index (χ0) is 19.4. The van der Waals surface area contributed by atoms with Gasteiger partial charge < -0.3 is 15.7 Å². The second kappa shape index (κ2) is 8.06. The Labute approximate surface area is 162 Å². The summed E-state index contributed by atoms with van der Waals surface area (Å²) in [5.41, 5.74) is 9.30. The second-order valence-corrected chi connectivity index (χ2v) is 8.02. The highest BCUT2D eigenvalue weighted by Crippen LogP contribution is 2.32. The molecule has 0 spiro atoms. The lowest BCUT2D eigenvalue weighted by atomic mass is 9.94. The number of carbonyl (C=O) groups is 1. The van der Waals surface area contributed by atoms with Gasteiger partial charge in [0.05, 0.1) is 16.9 Å². The predicted octanol–water partition coefficient (Wildman–Crippen LogP) is 2.70. The molecule has 0 bridgehead atoms. The van der Waals surface area contributed by atoms with Gasteiger partial charge in [-0.2, -0.15) is 5.10 Å². The fraction of sp³-hybridized carbons (Fsp3) is 0.421. The minimum atomic E-state index is -0.943. The van der Waals surface area contributed by atoms with Crippen LogP contribution in [0.15, 0.2) is 34.7 Å². The summed E-state index contributed by atoms with van der Waals surface area (Å²) in [5.74, 6) is 0.144. The summed E-state index contributed by atoms with van der Waals surface area (Å²) < 4.78 is 0. The molecule has 1 aliphatic heterocycles. The van der Waals surface area contributed by atoms with Crippen LogP contribution in [-0.4, -0.2) is 40.3 Å². The molecular formula is C19H25N5O2S. The third-order valence-corrected chi connectivity index (χ3v) is 5.76. The maximum Gasteiger partial charge on any atom is 0.256 e. The molecular weight excluding hydrogens is 362 g/mol. The van der Waals surface area contributed by atoms with Crippen LogP contribution in [0.4, 0.5) is 5.69 Å². The highest BCUT2D eigenvalue weighted by atomic mass is 32.1. The largest absolute Gasteiger partial charge is 0.388 e. The van der Waals surface area contributed by atoms with E-state index in [0.29, 0.717) is 29.3 Å². The first-order chi connectivity index (χ1) is 12.9. The van der Waals surface area contributed by atoms with Crippen LogP contribution in [0.2, 0.25) is 0 Å². The smallest absolute Gasteiger partial charge is 0.256 e. The van der Waals surface area contributed by atoms with E-state index in [1.54, 1.807) is 26.0 Å². The number of nitrogens with two attached hydrogens (primary N) is 1. The number of aromatic nitrogens is 1. The van der Waals surface area contributed by atoms with Crippen LogP contribution in [0.1, 0.15) is 53.7 Å². The molecule has 1 atom stereocenters. The van der Waals surface area contributed by atoms with Gasteiger partial charge in [0.25, 0.3) is 5.91 Å². The number of anilines is 1. The Morgan fingerprint density at radius 1 is 1.48 bits per heavy atom. The fourth-order valence-electron chi connectivity index (χ4n) is 3.20. The molecule has 0 aliphatic carbocycles. The highest BCUT2D eigenvalue weighted by Gasteiger charge is 2.29. The van der Waals surface area contributed by atoms with Gasteiger partial charge in [-0.1, -0.05) is 12.1 Å². The Hall–Kier alpha value is -2.45. The van der Waals surface area contributed by atoms with Gasteiger partial charge in [-0.3, -0.25) is 10.2 Å². The number of hydrazone groups is 1. The number of nitrogens with one attached hydrogen (secondary N) is 1. The Kier molecular flexibility index (Phi) is 5.76. The van der Waals surface area contributed by atoms with Crippen LogP contribution >= 0.6 is 11.3 Å². The van der Waals surface area contributed by atoms with E-state index >= 15 is 0 Å². The Morgan fingerprint density at radius 2 is 2.26 bits per heavy atom. The number of para-hydroxylation sites is 1. The molecule has 144 valence electrons. The van der Waals surface area contributed by atoms with Crippen molar-refractivity contribution < 1.29 is 9.90 Å². The maximum atomic E-state index is 13.1. The molecule has 1 saturated heterocycles. The average Bonchev–Trinajstić information content (AvgIpc) is 3.17. The molecule has 1 amide bonds. The molecule has 0 saturated carbocycles. The number of likely N-dealkylation sites (tertiary alicyclic amines) is 1. The van der Waals surface area contributed by atoms with Crippen molar-refractivity contribution in [2.45, 2.75) is 38.2 Å². The first kappa shape index (κ1) is 19.3. The van der Waals surface area contributed by atoms with Gasteiger partial charge in [0.2, 0.25) is 0 Å². The summed E-state index contributed by atoms with van der Waals surface area (Å²) in [6.45, 7) is 4.80. The molecule has 1 fully saturated rings. The minimum Gasteiger partial charge on any atom is -0.388 e. The summed E-state index contributed by atoms with van der Waals surface area (Å²) in [5, 5.41) is 16.7. The van der Waals surface area contributed by atoms with Crippen molar-refractivity contribution in [1.82, 2.24) is 9.88 Å². The molecule has 4 N–H and O–H groups in total. The third kappa shape index (κ3) is 4.45. The number of carbonyl (C=O) groups excluding carboxylic acids is 1. The van der Waals surface area contributed by atoms with E-state index < -0.39 is 5.60 Å². The number of nitrogens with zero attached hydrogens (tertiary/aromatic N) is 3. The van der Waals surface area contributed by atoms with E-state index in [1.807, 2.05) is 22.4 Å². The number of piperidine rings is 1. The molecule has 0 radical (unpaired) electrons. The SMILES string of the molecule is CC(C)(O)c1nc(C2CCCN(C(=O)c3ccccc3N/N=C\N)C2)cs1. The lowest BCUT2D eigenvalue weighted by Gasteiger charge is -2.32. The van der Waals surface area contributed by atoms with Gasteiger partial charge >= 0.3 is 0 Å². The van der Waals surface area contributed by atoms with Gasteiger partial charge in [0.1, 0.15) is 16.9 Å². The fourth-order valence-corrected chi connectivity index (χ4v) is 4.13. The van der Waals surface area contributed by atoms with E-state index in [1.165, 1.54) is 11.3 Å². The maximum absolute atomic E-state index is 13.1. The van der Waals surface area contributed by atoms with Crippen LogP contribution in [0.3, 0.4) is 0 Å². The van der Waals surface area contributed by atoms with Crippen LogP contribution in [0, 0.1) is 0 Å². The first-order valence-corrected chi connectivity index (χ1v) is 9.84. The number of thiazole rings is 1. The summed E-state index contributed by atoms with van der Waals surface area (Å²) in [7, 11) is 0.